The zero-order chi connectivity index (χ0) is 18.7. The van der Waals surface area contributed by atoms with E-state index in [1.807, 2.05) is 0 Å². The van der Waals surface area contributed by atoms with Gasteiger partial charge in [0, 0.05) is 29.7 Å². The van der Waals surface area contributed by atoms with E-state index in [0.717, 1.165) is 4.68 Å². The fraction of sp³-hybridized carbons (Fsp3) is 0.353. The molecule has 0 unspecified atom stereocenters. The summed E-state index contributed by atoms with van der Waals surface area (Å²) in [5.41, 5.74) is 1.05. The van der Waals surface area contributed by atoms with Gasteiger partial charge in [0.15, 0.2) is 0 Å². The monoisotopic (exact) mass is 367 g/mol. The number of aromatic nitrogens is 2. The summed E-state index contributed by atoms with van der Waals surface area (Å²) in [5, 5.41) is 13.7. The van der Waals surface area contributed by atoms with Crippen LogP contribution in [-0.4, -0.2) is 32.7 Å². The van der Waals surface area contributed by atoms with Crippen LogP contribution < -0.4 is 5.56 Å². The van der Waals surface area contributed by atoms with Crippen molar-refractivity contribution in [2.45, 2.75) is 33.5 Å². The predicted molar refractivity (Wildman–Crippen MR) is 91.8 cm³/mol. The van der Waals surface area contributed by atoms with Crippen molar-refractivity contribution in [2.24, 2.45) is 0 Å². The van der Waals surface area contributed by atoms with E-state index >= 15 is 0 Å². The number of halogens is 2. The van der Waals surface area contributed by atoms with Crippen molar-refractivity contribution in [3.05, 3.63) is 61.8 Å². The number of rotatable bonds is 5. The van der Waals surface area contributed by atoms with E-state index in [4.69, 9.17) is 11.6 Å². The zero-order valence-corrected chi connectivity index (χ0v) is 15.0. The lowest BCUT2D eigenvalue weighted by Gasteiger charge is -2.19. The van der Waals surface area contributed by atoms with Crippen molar-refractivity contribution < 1.29 is 14.3 Å². The Balaban J connectivity index is 2.23. The number of carbonyl (C=O) groups is 1. The van der Waals surface area contributed by atoms with Crippen molar-refractivity contribution in [1.29, 1.82) is 0 Å². The number of nitrogens with zero attached hydrogens (tertiary/aromatic N) is 3. The summed E-state index contributed by atoms with van der Waals surface area (Å²) < 4.78 is 14.9. The molecular formula is C17H19ClFN3O3. The lowest BCUT2D eigenvalue weighted by atomic mass is 10.1. The van der Waals surface area contributed by atoms with Crippen LogP contribution in [0.5, 0.6) is 0 Å². The molecular weight excluding hydrogens is 349 g/mol. The van der Waals surface area contributed by atoms with Gasteiger partial charge in [-0.2, -0.15) is 5.10 Å². The number of hydrogen-bond donors (Lipinski definition) is 1. The van der Waals surface area contributed by atoms with Crippen LogP contribution in [0.4, 0.5) is 4.39 Å². The predicted octanol–water partition coefficient (Wildman–Crippen LogP) is 1.80. The minimum absolute atomic E-state index is 0.0310. The molecule has 0 saturated heterocycles. The van der Waals surface area contributed by atoms with Crippen LogP contribution in [0.1, 0.15) is 22.4 Å². The van der Waals surface area contributed by atoms with Gasteiger partial charge in [-0.3, -0.25) is 9.59 Å². The minimum Gasteiger partial charge on any atom is -0.391 e. The van der Waals surface area contributed by atoms with Crippen LogP contribution in [0.25, 0.3) is 0 Å². The maximum absolute atomic E-state index is 13.8. The average molecular weight is 368 g/mol. The molecule has 1 N–H and O–H groups in total. The molecule has 0 aliphatic heterocycles. The Bertz CT molecular complexity index is 847. The van der Waals surface area contributed by atoms with Crippen LogP contribution in [0.3, 0.4) is 0 Å². The smallest absolute Gasteiger partial charge is 0.273 e. The molecule has 6 nitrogen and oxygen atoms in total. The van der Waals surface area contributed by atoms with E-state index in [-0.39, 0.29) is 29.2 Å². The molecule has 2 rings (SSSR count). The average Bonchev–Trinajstić information content (AvgIpc) is 2.56. The largest absolute Gasteiger partial charge is 0.391 e. The van der Waals surface area contributed by atoms with E-state index in [1.165, 1.54) is 24.1 Å². The first-order valence-corrected chi connectivity index (χ1v) is 7.99. The highest BCUT2D eigenvalue weighted by molar-refractivity contribution is 6.31. The number of aliphatic hydroxyl groups excluding tert-OH is 1. The summed E-state index contributed by atoms with van der Waals surface area (Å²) in [6.45, 7) is 2.61. The Hall–Kier alpha value is -2.25. The van der Waals surface area contributed by atoms with Crippen LogP contribution in [0, 0.1) is 19.7 Å². The first kappa shape index (κ1) is 19.1. The first-order valence-electron chi connectivity index (χ1n) is 7.61. The normalized spacial score (nSPS) is 10.8. The number of aliphatic hydroxyl groups is 1. The van der Waals surface area contributed by atoms with Crippen LogP contribution in [0.2, 0.25) is 5.02 Å². The Morgan fingerprint density at radius 2 is 2.04 bits per heavy atom. The number of carbonyl (C=O) groups excluding carboxylic acids is 1. The Morgan fingerprint density at radius 1 is 1.36 bits per heavy atom. The van der Waals surface area contributed by atoms with Crippen molar-refractivity contribution in [3.8, 4) is 0 Å². The molecule has 0 bridgehead atoms. The topological polar surface area (TPSA) is 75.4 Å². The number of hydrogen-bond acceptors (Lipinski definition) is 4. The van der Waals surface area contributed by atoms with Gasteiger partial charge in [0.25, 0.3) is 5.56 Å². The highest BCUT2D eigenvalue weighted by Crippen LogP contribution is 2.20. The van der Waals surface area contributed by atoms with Gasteiger partial charge in [-0.1, -0.05) is 17.7 Å². The zero-order valence-electron chi connectivity index (χ0n) is 14.2. The first-order chi connectivity index (χ1) is 11.8. The Kier molecular flexibility index (Phi) is 5.92. The van der Waals surface area contributed by atoms with Crippen LogP contribution in [-0.2, 0) is 24.5 Å². The molecule has 1 aromatic heterocycles. The Morgan fingerprint density at radius 3 is 2.64 bits per heavy atom. The fourth-order valence-corrected chi connectivity index (χ4v) is 2.61. The van der Waals surface area contributed by atoms with E-state index in [9.17, 15) is 19.1 Å². The lowest BCUT2D eigenvalue weighted by Crippen LogP contribution is -2.37. The van der Waals surface area contributed by atoms with Gasteiger partial charge < -0.3 is 10.0 Å². The lowest BCUT2D eigenvalue weighted by molar-refractivity contribution is -0.131. The molecule has 1 aromatic carbocycles. The number of likely N-dealkylation sites (N-methyl/N-ethyl adjacent to an activating group) is 1. The summed E-state index contributed by atoms with van der Waals surface area (Å²) in [6, 6.07) is 4.29. The highest BCUT2D eigenvalue weighted by Gasteiger charge is 2.18. The highest BCUT2D eigenvalue weighted by atomic mass is 35.5. The van der Waals surface area contributed by atoms with Crippen molar-refractivity contribution in [1.82, 2.24) is 14.7 Å². The third kappa shape index (κ3) is 4.05. The maximum atomic E-state index is 13.8. The van der Waals surface area contributed by atoms with Crippen molar-refractivity contribution >= 4 is 17.5 Å². The minimum atomic E-state index is -0.517. The van der Waals surface area contributed by atoms with Gasteiger partial charge in [0.2, 0.25) is 5.91 Å². The molecule has 25 heavy (non-hydrogen) atoms. The van der Waals surface area contributed by atoms with Crippen LogP contribution >= 0.6 is 11.6 Å². The molecule has 2 aromatic rings. The number of aryl methyl sites for hydroxylation is 1. The quantitative estimate of drug-likeness (QED) is 0.874. The van der Waals surface area contributed by atoms with Gasteiger partial charge in [-0.05, 0) is 31.5 Å². The number of amides is 1. The maximum Gasteiger partial charge on any atom is 0.273 e. The molecule has 0 atom stereocenters. The summed E-state index contributed by atoms with van der Waals surface area (Å²) in [6.07, 6.45) is 0. The van der Waals surface area contributed by atoms with Gasteiger partial charge in [-0.15, -0.1) is 0 Å². The molecule has 1 heterocycles. The van der Waals surface area contributed by atoms with Gasteiger partial charge in [-0.25, -0.2) is 9.07 Å². The molecule has 0 spiro atoms. The Labute approximate surface area is 149 Å². The van der Waals surface area contributed by atoms with E-state index in [1.54, 1.807) is 19.9 Å². The molecule has 0 aliphatic rings. The number of benzene rings is 1. The second-order valence-electron chi connectivity index (χ2n) is 5.76. The summed E-state index contributed by atoms with van der Waals surface area (Å²) in [7, 11) is 1.49. The second-order valence-corrected chi connectivity index (χ2v) is 6.17. The summed E-state index contributed by atoms with van der Waals surface area (Å²) in [5.74, 6) is -0.933. The molecule has 8 heteroatoms. The third-order valence-electron chi connectivity index (χ3n) is 4.08. The van der Waals surface area contributed by atoms with E-state index in [2.05, 4.69) is 5.10 Å². The third-order valence-corrected chi connectivity index (χ3v) is 4.44. The SMILES string of the molecule is Cc1nn(CC(=O)N(C)Cc2c(F)cccc2Cl)c(=O)c(CO)c1C. The van der Waals surface area contributed by atoms with Crippen molar-refractivity contribution in [2.75, 3.05) is 7.05 Å². The standard InChI is InChI=1S/C17H19ClFN3O3/c1-10-11(2)20-22(17(25)13(10)9-23)8-16(24)21(3)7-12-14(18)5-4-6-15(12)19/h4-6,23H,7-9H2,1-3H3. The summed E-state index contributed by atoms with van der Waals surface area (Å²) >= 11 is 5.97. The molecule has 0 radical (unpaired) electrons. The molecule has 0 saturated carbocycles. The van der Waals surface area contributed by atoms with Crippen molar-refractivity contribution in [3.63, 3.8) is 0 Å². The van der Waals surface area contributed by atoms with Gasteiger partial charge in [0.05, 0.1) is 12.3 Å². The molecule has 1 amide bonds. The molecule has 134 valence electrons. The van der Waals surface area contributed by atoms with Gasteiger partial charge >= 0.3 is 0 Å². The fourth-order valence-electron chi connectivity index (χ4n) is 2.39. The molecule has 0 aliphatic carbocycles. The molecule has 0 fully saturated rings. The van der Waals surface area contributed by atoms with E-state index < -0.39 is 23.9 Å². The summed E-state index contributed by atoms with van der Waals surface area (Å²) in [4.78, 5) is 25.9. The van der Waals surface area contributed by atoms with Crippen LogP contribution in [0.15, 0.2) is 23.0 Å². The van der Waals surface area contributed by atoms with Gasteiger partial charge in [0.1, 0.15) is 12.4 Å². The second kappa shape index (κ2) is 7.76. The van der Waals surface area contributed by atoms with E-state index in [0.29, 0.717) is 11.3 Å².